The minimum atomic E-state index is -0.408. The van der Waals surface area contributed by atoms with Crippen molar-refractivity contribution < 1.29 is 23.5 Å². The van der Waals surface area contributed by atoms with Gasteiger partial charge in [0.15, 0.2) is 5.58 Å². The molecular formula is C18H20N2O5. The molecule has 0 aliphatic heterocycles. The zero-order chi connectivity index (χ0) is 17.6. The van der Waals surface area contributed by atoms with Crippen LogP contribution in [-0.4, -0.2) is 37.2 Å². The maximum absolute atomic E-state index is 11.7. The van der Waals surface area contributed by atoms with Crippen molar-refractivity contribution in [3.8, 4) is 0 Å². The third kappa shape index (κ3) is 2.73. The van der Waals surface area contributed by atoms with Gasteiger partial charge in [0.25, 0.3) is 6.01 Å². The smallest absolute Gasteiger partial charge is 0.337 e. The second-order valence-corrected chi connectivity index (χ2v) is 6.80. The van der Waals surface area contributed by atoms with Crippen molar-refractivity contribution in [2.24, 2.45) is 17.8 Å². The number of hydrogen-bond donors (Lipinski definition) is 1. The predicted octanol–water partition coefficient (Wildman–Crippen LogP) is 2.61. The number of nitrogens with zero attached hydrogens (tertiary/aromatic N) is 1. The van der Waals surface area contributed by atoms with E-state index in [2.05, 4.69) is 10.3 Å². The van der Waals surface area contributed by atoms with Gasteiger partial charge < -0.3 is 19.2 Å². The SMILES string of the molecule is COC(=O)c1ccc2nc(N[C@@H]3C[C@@H]4C[C@@H](C(=O)OC)C[C@@H]43)oc2c1. The summed E-state index contributed by atoms with van der Waals surface area (Å²) >= 11 is 0. The average molecular weight is 344 g/mol. The van der Waals surface area contributed by atoms with Gasteiger partial charge in [0.05, 0.1) is 25.7 Å². The minimum absolute atomic E-state index is 0.0121. The number of aromatic nitrogens is 1. The topological polar surface area (TPSA) is 90.7 Å². The molecule has 132 valence electrons. The Morgan fingerprint density at radius 3 is 2.80 bits per heavy atom. The molecule has 2 aliphatic carbocycles. The van der Waals surface area contributed by atoms with Gasteiger partial charge in [-0.2, -0.15) is 4.98 Å². The monoisotopic (exact) mass is 344 g/mol. The molecule has 1 aromatic heterocycles. The van der Waals surface area contributed by atoms with Crippen LogP contribution >= 0.6 is 0 Å². The summed E-state index contributed by atoms with van der Waals surface area (Å²) in [5.41, 5.74) is 1.66. The molecule has 1 N–H and O–H groups in total. The molecule has 0 radical (unpaired) electrons. The normalized spacial score (nSPS) is 27.4. The number of oxazole rings is 1. The van der Waals surface area contributed by atoms with Crippen molar-refractivity contribution in [3.63, 3.8) is 0 Å². The Bertz CT molecular complexity index is 830. The van der Waals surface area contributed by atoms with Crippen LogP contribution in [0.15, 0.2) is 22.6 Å². The molecule has 2 aliphatic rings. The second kappa shape index (κ2) is 6.06. The standard InChI is InChI=1S/C18H20N2O5/c1-23-16(21)9-3-4-13-15(8-9)25-18(19-13)20-14-7-10-5-11(6-12(10)14)17(22)24-2/h3-4,8,10-12,14H,5-7H2,1-2H3,(H,19,20)/t10-,11+,12-,14+/m0/s1. The molecule has 2 aromatic rings. The number of nitrogens with one attached hydrogen (secondary N) is 1. The van der Waals surface area contributed by atoms with Gasteiger partial charge in [-0.25, -0.2) is 4.79 Å². The van der Waals surface area contributed by atoms with E-state index in [4.69, 9.17) is 13.9 Å². The van der Waals surface area contributed by atoms with E-state index in [0.29, 0.717) is 34.5 Å². The lowest BCUT2D eigenvalue weighted by Crippen LogP contribution is -2.43. The lowest BCUT2D eigenvalue weighted by Gasteiger charge is -2.40. The zero-order valence-electron chi connectivity index (χ0n) is 14.2. The van der Waals surface area contributed by atoms with E-state index in [1.165, 1.54) is 14.2 Å². The Morgan fingerprint density at radius 2 is 2.04 bits per heavy atom. The molecule has 7 nitrogen and oxygen atoms in total. The van der Waals surface area contributed by atoms with E-state index in [0.717, 1.165) is 19.3 Å². The van der Waals surface area contributed by atoms with Crippen molar-refractivity contribution in [2.45, 2.75) is 25.3 Å². The Labute approximate surface area is 144 Å². The van der Waals surface area contributed by atoms with Crippen LogP contribution in [0.1, 0.15) is 29.6 Å². The molecule has 4 atom stereocenters. The van der Waals surface area contributed by atoms with E-state index < -0.39 is 5.97 Å². The summed E-state index contributed by atoms with van der Waals surface area (Å²) in [6.45, 7) is 0. The summed E-state index contributed by atoms with van der Waals surface area (Å²) in [4.78, 5) is 27.7. The Morgan fingerprint density at radius 1 is 1.20 bits per heavy atom. The summed E-state index contributed by atoms with van der Waals surface area (Å²) < 4.78 is 15.3. The van der Waals surface area contributed by atoms with Gasteiger partial charge in [-0.1, -0.05) is 0 Å². The molecular weight excluding hydrogens is 324 g/mol. The number of rotatable bonds is 4. The first-order valence-electron chi connectivity index (χ1n) is 8.42. The quantitative estimate of drug-likeness (QED) is 0.853. The van der Waals surface area contributed by atoms with Crippen LogP contribution in [0.2, 0.25) is 0 Å². The van der Waals surface area contributed by atoms with Gasteiger partial charge in [-0.3, -0.25) is 4.79 Å². The van der Waals surface area contributed by atoms with E-state index in [-0.39, 0.29) is 17.9 Å². The van der Waals surface area contributed by atoms with Gasteiger partial charge in [-0.05, 0) is 49.3 Å². The fraction of sp³-hybridized carbons (Fsp3) is 0.500. The van der Waals surface area contributed by atoms with Gasteiger partial charge >= 0.3 is 11.9 Å². The lowest BCUT2D eigenvalue weighted by molar-refractivity contribution is -0.145. The number of methoxy groups -OCH3 is 2. The summed E-state index contributed by atoms with van der Waals surface area (Å²) in [6.07, 6.45) is 2.76. The minimum Gasteiger partial charge on any atom is -0.469 e. The summed E-state index contributed by atoms with van der Waals surface area (Å²) in [5.74, 6) is 0.513. The number of anilines is 1. The number of benzene rings is 1. The zero-order valence-corrected chi connectivity index (χ0v) is 14.2. The lowest BCUT2D eigenvalue weighted by atomic mass is 9.71. The molecule has 0 amide bonds. The van der Waals surface area contributed by atoms with E-state index in [1.54, 1.807) is 18.2 Å². The maximum Gasteiger partial charge on any atom is 0.337 e. The molecule has 0 spiro atoms. The first-order valence-corrected chi connectivity index (χ1v) is 8.42. The van der Waals surface area contributed by atoms with Crippen molar-refractivity contribution >= 4 is 29.1 Å². The van der Waals surface area contributed by atoms with Crippen molar-refractivity contribution in [2.75, 3.05) is 19.5 Å². The third-order valence-electron chi connectivity index (χ3n) is 5.48. The van der Waals surface area contributed by atoms with Crippen LogP contribution in [0.5, 0.6) is 0 Å². The van der Waals surface area contributed by atoms with Gasteiger partial charge in [0.2, 0.25) is 0 Å². The molecule has 7 heteroatoms. The van der Waals surface area contributed by atoms with Crippen LogP contribution in [-0.2, 0) is 14.3 Å². The third-order valence-corrected chi connectivity index (χ3v) is 5.48. The van der Waals surface area contributed by atoms with Crippen molar-refractivity contribution in [1.82, 2.24) is 4.98 Å². The van der Waals surface area contributed by atoms with Crippen molar-refractivity contribution in [3.05, 3.63) is 23.8 Å². The van der Waals surface area contributed by atoms with Crippen LogP contribution < -0.4 is 5.32 Å². The van der Waals surface area contributed by atoms with Crippen LogP contribution in [0.25, 0.3) is 11.1 Å². The van der Waals surface area contributed by atoms with Crippen molar-refractivity contribution in [1.29, 1.82) is 0 Å². The molecule has 2 saturated carbocycles. The molecule has 2 fully saturated rings. The highest BCUT2D eigenvalue weighted by Gasteiger charge is 2.50. The van der Waals surface area contributed by atoms with Crippen LogP contribution in [0.4, 0.5) is 6.01 Å². The van der Waals surface area contributed by atoms with Gasteiger partial charge in [-0.15, -0.1) is 0 Å². The van der Waals surface area contributed by atoms with Gasteiger partial charge in [0, 0.05) is 6.04 Å². The number of carbonyl (C=O) groups is 2. The fourth-order valence-corrected chi connectivity index (χ4v) is 4.14. The Balaban J connectivity index is 1.45. The van der Waals surface area contributed by atoms with Crippen LogP contribution in [0.3, 0.4) is 0 Å². The summed E-state index contributed by atoms with van der Waals surface area (Å²) in [7, 11) is 2.79. The first-order chi connectivity index (χ1) is 12.1. The molecule has 0 saturated heterocycles. The highest BCUT2D eigenvalue weighted by molar-refractivity contribution is 5.93. The second-order valence-electron chi connectivity index (χ2n) is 6.80. The molecule has 0 unspecified atom stereocenters. The number of fused-ring (bicyclic) bond motifs is 2. The molecule has 4 rings (SSSR count). The van der Waals surface area contributed by atoms with Crippen LogP contribution in [0, 0.1) is 17.8 Å². The van der Waals surface area contributed by atoms with E-state index in [1.807, 2.05) is 0 Å². The average Bonchev–Trinajstić information content (AvgIpc) is 3.18. The molecule has 1 aromatic carbocycles. The maximum atomic E-state index is 11.7. The fourth-order valence-electron chi connectivity index (χ4n) is 4.14. The van der Waals surface area contributed by atoms with Gasteiger partial charge in [0.1, 0.15) is 5.52 Å². The highest BCUT2D eigenvalue weighted by Crippen LogP contribution is 2.50. The van der Waals surface area contributed by atoms with E-state index in [9.17, 15) is 9.59 Å². The molecule has 0 bridgehead atoms. The predicted molar refractivity (Wildman–Crippen MR) is 89.1 cm³/mol. The number of hydrogen-bond acceptors (Lipinski definition) is 7. The Hall–Kier alpha value is -2.57. The first kappa shape index (κ1) is 15.9. The number of ether oxygens (including phenoxy) is 2. The number of carbonyl (C=O) groups excluding carboxylic acids is 2. The highest BCUT2D eigenvalue weighted by atomic mass is 16.5. The summed E-state index contributed by atoms with van der Waals surface area (Å²) in [6, 6.07) is 5.74. The summed E-state index contributed by atoms with van der Waals surface area (Å²) in [5, 5.41) is 3.33. The number of esters is 2. The molecule has 25 heavy (non-hydrogen) atoms. The Kier molecular flexibility index (Phi) is 3.86. The largest absolute Gasteiger partial charge is 0.469 e. The van der Waals surface area contributed by atoms with E-state index >= 15 is 0 Å². The molecule has 1 heterocycles.